The first-order chi connectivity index (χ1) is 15.2. The van der Waals surface area contributed by atoms with E-state index in [2.05, 4.69) is 64.8 Å². The highest BCUT2D eigenvalue weighted by molar-refractivity contribution is 7.19. The third kappa shape index (κ3) is 3.79. The number of nitrogens with zero attached hydrogens (tertiary/aromatic N) is 4. The number of hydrogen-bond donors (Lipinski definition) is 0. The van der Waals surface area contributed by atoms with Crippen LogP contribution in [0.15, 0.2) is 24.5 Å². The smallest absolute Gasteiger partial charge is 0.189 e. The monoisotopic (exact) mass is 448 g/mol. The van der Waals surface area contributed by atoms with Gasteiger partial charge in [-0.3, -0.25) is 0 Å². The average Bonchev–Trinajstić information content (AvgIpc) is 3.31. The van der Waals surface area contributed by atoms with Crippen molar-refractivity contribution >= 4 is 27.2 Å². The van der Waals surface area contributed by atoms with Crippen LogP contribution in [-0.4, -0.2) is 19.6 Å². The minimum atomic E-state index is 0.334. The first-order valence-electron chi connectivity index (χ1n) is 11.6. The van der Waals surface area contributed by atoms with Crippen LogP contribution in [0.3, 0.4) is 0 Å². The molecule has 5 rings (SSSR count). The van der Waals surface area contributed by atoms with E-state index in [-0.39, 0.29) is 0 Å². The van der Waals surface area contributed by atoms with Gasteiger partial charge in [0, 0.05) is 4.88 Å². The maximum absolute atomic E-state index is 6.20. The zero-order chi connectivity index (χ0) is 22.6. The van der Waals surface area contributed by atoms with E-state index in [9.17, 15) is 0 Å². The fourth-order valence-corrected chi connectivity index (χ4v) is 6.07. The van der Waals surface area contributed by atoms with Gasteiger partial charge in [0.1, 0.15) is 23.5 Å². The van der Waals surface area contributed by atoms with E-state index in [4.69, 9.17) is 14.7 Å². The number of fused-ring (bicyclic) bond motifs is 5. The first-order valence-corrected chi connectivity index (χ1v) is 12.4. The second kappa shape index (κ2) is 7.84. The molecule has 168 valence electrons. The lowest BCUT2D eigenvalue weighted by Gasteiger charge is -2.33. The summed E-state index contributed by atoms with van der Waals surface area (Å²) in [5.41, 5.74) is 5.08. The molecule has 0 unspecified atom stereocenters. The average molecular weight is 449 g/mol. The number of rotatable bonds is 4. The van der Waals surface area contributed by atoms with E-state index in [1.807, 2.05) is 15.9 Å². The quantitative estimate of drug-likeness (QED) is 0.357. The minimum Gasteiger partial charge on any atom is -0.485 e. The van der Waals surface area contributed by atoms with Crippen molar-refractivity contribution < 1.29 is 4.74 Å². The fourth-order valence-electron chi connectivity index (χ4n) is 4.80. The van der Waals surface area contributed by atoms with Gasteiger partial charge in [0.15, 0.2) is 11.5 Å². The molecular weight excluding hydrogens is 416 g/mol. The van der Waals surface area contributed by atoms with Crippen LogP contribution in [0.2, 0.25) is 0 Å². The van der Waals surface area contributed by atoms with Gasteiger partial charge in [-0.05, 0) is 66.2 Å². The number of thiophene rings is 1. The summed E-state index contributed by atoms with van der Waals surface area (Å²) < 4.78 is 8.02. The van der Waals surface area contributed by atoms with Gasteiger partial charge in [-0.2, -0.15) is 0 Å². The van der Waals surface area contributed by atoms with Crippen LogP contribution < -0.4 is 4.74 Å². The molecule has 0 N–H and O–H groups in total. The molecule has 1 aliphatic rings. The molecule has 0 amide bonds. The second-order valence-corrected chi connectivity index (χ2v) is 11.6. The van der Waals surface area contributed by atoms with Crippen LogP contribution in [0.4, 0.5) is 0 Å². The van der Waals surface area contributed by atoms with Crippen molar-refractivity contribution in [2.45, 2.75) is 73.3 Å². The van der Waals surface area contributed by atoms with Crippen LogP contribution in [0.1, 0.15) is 74.3 Å². The van der Waals surface area contributed by atoms with Crippen molar-refractivity contribution in [2.75, 3.05) is 0 Å². The Balaban J connectivity index is 1.47. The standard InChI is InChI=1S/C26H32N4OS/c1-15(2)18-9-7-16(3)11-20(18)31-13-22-28-24-23-19-10-8-17(26(4,5)6)12-21(19)32-25(23)27-14-30(24)29-22/h7,9,11,14-15,17H,8,10,12-13H2,1-6H3/t17-/m1/s1. The Morgan fingerprint density at radius 1 is 1.25 bits per heavy atom. The normalized spacial score (nSPS) is 16.8. The van der Waals surface area contributed by atoms with E-state index < -0.39 is 0 Å². The summed E-state index contributed by atoms with van der Waals surface area (Å²) >= 11 is 1.84. The van der Waals surface area contributed by atoms with Gasteiger partial charge in [-0.15, -0.1) is 16.4 Å². The number of aromatic nitrogens is 4. The lowest BCUT2D eigenvalue weighted by molar-refractivity contribution is 0.218. The Labute approximate surface area is 193 Å². The van der Waals surface area contributed by atoms with Gasteiger partial charge in [-0.1, -0.05) is 46.8 Å². The highest BCUT2D eigenvalue weighted by Crippen LogP contribution is 2.43. The van der Waals surface area contributed by atoms with Gasteiger partial charge in [0.25, 0.3) is 0 Å². The molecular formula is C26H32N4OS. The van der Waals surface area contributed by atoms with Gasteiger partial charge >= 0.3 is 0 Å². The van der Waals surface area contributed by atoms with E-state index in [0.29, 0.717) is 29.7 Å². The summed E-state index contributed by atoms with van der Waals surface area (Å²) in [6.07, 6.45) is 5.25. The van der Waals surface area contributed by atoms with Crippen LogP contribution >= 0.6 is 11.3 Å². The number of hydrogen-bond acceptors (Lipinski definition) is 5. The third-order valence-corrected chi connectivity index (χ3v) is 7.96. The molecule has 1 aromatic carbocycles. The second-order valence-electron chi connectivity index (χ2n) is 10.5. The van der Waals surface area contributed by atoms with E-state index in [0.717, 1.165) is 29.1 Å². The van der Waals surface area contributed by atoms with Gasteiger partial charge in [0.05, 0.1) is 5.39 Å². The van der Waals surface area contributed by atoms with E-state index >= 15 is 0 Å². The summed E-state index contributed by atoms with van der Waals surface area (Å²) in [7, 11) is 0. The minimum absolute atomic E-state index is 0.334. The largest absolute Gasteiger partial charge is 0.485 e. The highest BCUT2D eigenvalue weighted by Gasteiger charge is 2.31. The van der Waals surface area contributed by atoms with Gasteiger partial charge in [-0.25, -0.2) is 14.5 Å². The molecule has 0 bridgehead atoms. The van der Waals surface area contributed by atoms with Gasteiger partial charge in [0.2, 0.25) is 0 Å². The maximum atomic E-state index is 6.20. The summed E-state index contributed by atoms with van der Waals surface area (Å²) in [4.78, 5) is 12.2. The molecule has 0 aliphatic heterocycles. The van der Waals surface area contributed by atoms with E-state index in [1.165, 1.54) is 33.4 Å². The zero-order valence-electron chi connectivity index (χ0n) is 19.9. The first kappa shape index (κ1) is 21.4. The Hall–Kier alpha value is -2.47. The summed E-state index contributed by atoms with van der Waals surface area (Å²) in [5.74, 6) is 2.73. The molecule has 0 saturated carbocycles. The Morgan fingerprint density at radius 2 is 2.06 bits per heavy atom. The molecule has 0 fully saturated rings. The summed E-state index contributed by atoms with van der Waals surface area (Å²) in [6, 6.07) is 6.39. The van der Waals surface area contributed by atoms with Crippen LogP contribution in [0, 0.1) is 18.3 Å². The molecule has 32 heavy (non-hydrogen) atoms. The van der Waals surface area contributed by atoms with Crippen molar-refractivity contribution in [3.05, 3.63) is 51.9 Å². The fraction of sp³-hybridized carbons (Fsp3) is 0.500. The van der Waals surface area contributed by atoms with Crippen LogP contribution in [0.25, 0.3) is 15.9 Å². The lowest BCUT2D eigenvalue weighted by atomic mass is 9.72. The topological polar surface area (TPSA) is 52.3 Å². The van der Waals surface area contributed by atoms with Gasteiger partial charge < -0.3 is 4.74 Å². The number of benzene rings is 1. The molecule has 0 saturated heterocycles. The Kier molecular flexibility index (Phi) is 5.24. The zero-order valence-corrected chi connectivity index (χ0v) is 20.7. The molecule has 3 heterocycles. The van der Waals surface area contributed by atoms with Crippen molar-refractivity contribution in [1.82, 2.24) is 19.6 Å². The third-order valence-electron chi connectivity index (χ3n) is 6.80. The van der Waals surface area contributed by atoms with Crippen LogP contribution in [0.5, 0.6) is 5.75 Å². The SMILES string of the molecule is Cc1ccc(C(C)C)c(OCc2nc3c4c5c(sc4ncn3n2)C[C@H](C(C)(C)C)CC5)c1. The Morgan fingerprint density at radius 3 is 2.81 bits per heavy atom. The highest BCUT2D eigenvalue weighted by atomic mass is 32.1. The van der Waals surface area contributed by atoms with Crippen molar-refractivity contribution in [3.8, 4) is 5.75 Å². The van der Waals surface area contributed by atoms with E-state index in [1.54, 1.807) is 6.33 Å². The maximum Gasteiger partial charge on any atom is 0.189 e. The van der Waals surface area contributed by atoms with Crippen molar-refractivity contribution in [1.29, 1.82) is 0 Å². The molecule has 0 radical (unpaired) electrons. The molecule has 6 heteroatoms. The molecule has 1 aliphatic carbocycles. The van der Waals surface area contributed by atoms with Crippen molar-refractivity contribution in [2.24, 2.45) is 11.3 Å². The molecule has 4 aromatic rings. The lowest BCUT2D eigenvalue weighted by Crippen LogP contribution is -2.26. The molecule has 1 atom stereocenters. The number of ether oxygens (including phenoxy) is 1. The molecule has 0 spiro atoms. The summed E-state index contributed by atoms with van der Waals surface area (Å²) in [6.45, 7) is 13.9. The van der Waals surface area contributed by atoms with Crippen LogP contribution in [-0.2, 0) is 19.4 Å². The predicted molar refractivity (Wildman–Crippen MR) is 131 cm³/mol. The molecule has 5 nitrogen and oxygen atoms in total. The summed E-state index contributed by atoms with van der Waals surface area (Å²) in [5, 5.41) is 5.87. The predicted octanol–water partition coefficient (Wildman–Crippen LogP) is 6.50. The number of aryl methyl sites for hydroxylation is 2. The van der Waals surface area contributed by atoms with Crippen molar-refractivity contribution in [3.63, 3.8) is 0 Å². The Bertz CT molecular complexity index is 1290. The molecule has 3 aromatic heterocycles.